The molecule has 2 aromatic heterocycles. The van der Waals surface area contributed by atoms with Gasteiger partial charge < -0.3 is 4.74 Å². The summed E-state index contributed by atoms with van der Waals surface area (Å²) in [6.07, 6.45) is 1.84. The van der Waals surface area contributed by atoms with Gasteiger partial charge >= 0.3 is 0 Å². The van der Waals surface area contributed by atoms with Crippen LogP contribution in [0.5, 0.6) is 5.88 Å². The van der Waals surface area contributed by atoms with Gasteiger partial charge in [0.2, 0.25) is 11.7 Å². The normalized spacial score (nSPS) is 11.0. The molecule has 0 saturated carbocycles. The van der Waals surface area contributed by atoms with Crippen molar-refractivity contribution in [2.75, 3.05) is 0 Å². The fourth-order valence-electron chi connectivity index (χ4n) is 2.66. The Morgan fingerprint density at radius 2 is 1.77 bits per heavy atom. The largest absolute Gasteiger partial charge is 0.474 e. The van der Waals surface area contributed by atoms with Crippen molar-refractivity contribution in [2.45, 2.75) is 13.5 Å². The van der Waals surface area contributed by atoms with Crippen molar-refractivity contribution in [3.05, 3.63) is 82.9 Å². The number of halogens is 2. The van der Waals surface area contributed by atoms with Crippen LogP contribution in [0, 0.1) is 12.7 Å². The average Bonchev–Trinajstić information content (AvgIpc) is 3.05. The molecule has 2 aromatic carbocycles. The van der Waals surface area contributed by atoms with Gasteiger partial charge in [0, 0.05) is 28.5 Å². The first-order valence-electron chi connectivity index (χ1n) is 8.08. The number of nitrogens with zero attached hydrogens (tertiary/aromatic N) is 3. The van der Waals surface area contributed by atoms with E-state index in [-0.39, 0.29) is 5.82 Å². The highest BCUT2D eigenvalue weighted by Gasteiger charge is 2.11. The van der Waals surface area contributed by atoms with Crippen LogP contribution in [-0.2, 0) is 6.61 Å². The highest BCUT2D eigenvalue weighted by molar-refractivity contribution is 6.30. The standard InChI is InChI=1S/C20H15ClFN3O/c1-13-10-19(26-12-14-2-6-16(21)7-3-14)25-11-18(24-20(25)23-13)15-4-8-17(22)9-5-15/h2-11H,12H2,1H3. The van der Waals surface area contributed by atoms with Gasteiger partial charge in [0.15, 0.2) is 0 Å². The SMILES string of the molecule is Cc1cc(OCc2ccc(Cl)cc2)n2cc(-c3ccc(F)cc3)nc2n1. The van der Waals surface area contributed by atoms with E-state index in [1.807, 2.05) is 43.5 Å². The first-order chi connectivity index (χ1) is 12.6. The number of hydrogen-bond donors (Lipinski definition) is 0. The second-order valence-electron chi connectivity index (χ2n) is 5.95. The Bertz CT molecular complexity index is 1060. The van der Waals surface area contributed by atoms with Gasteiger partial charge in [-0.1, -0.05) is 23.7 Å². The molecule has 0 radical (unpaired) electrons. The van der Waals surface area contributed by atoms with E-state index < -0.39 is 0 Å². The molecular weight excluding hydrogens is 353 g/mol. The maximum Gasteiger partial charge on any atom is 0.237 e. The van der Waals surface area contributed by atoms with Gasteiger partial charge in [-0.05, 0) is 48.9 Å². The molecule has 4 rings (SSSR count). The zero-order valence-electron chi connectivity index (χ0n) is 14.0. The molecule has 0 spiro atoms. The van der Waals surface area contributed by atoms with E-state index in [2.05, 4.69) is 9.97 Å². The molecule has 0 fully saturated rings. The Morgan fingerprint density at radius 1 is 1.04 bits per heavy atom. The molecule has 0 N–H and O–H groups in total. The van der Waals surface area contributed by atoms with Crippen LogP contribution >= 0.6 is 11.6 Å². The Hall–Kier alpha value is -2.92. The summed E-state index contributed by atoms with van der Waals surface area (Å²) in [6.45, 7) is 2.29. The topological polar surface area (TPSA) is 39.4 Å². The number of ether oxygens (including phenoxy) is 1. The van der Waals surface area contributed by atoms with Gasteiger partial charge in [-0.15, -0.1) is 0 Å². The van der Waals surface area contributed by atoms with E-state index in [0.717, 1.165) is 16.8 Å². The number of fused-ring (bicyclic) bond motifs is 1. The second kappa shape index (κ2) is 6.77. The molecule has 0 amide bonds. The van der Waals surface area contributed by atoms with Gasteiger partial charge in [-0.2, -0.15) is 0 Å². The number of imidazole rings is 1. The first kappa shape index (κ1) is 16.5. The van der Waals surface area contributed by atoms with Crippen LogP contribution in [0.1, 0.15) is 11.3 Å². The summed E-state index contributed by atoms with van der Waals surface area (Å²) >= 11 is 5.91. The fourth-order valence-corrected chi connectivity index (χ4v) is 2.78. The number of hydrogen-bond acceptors (Lipinski definition) is 3. The van der Waals surface area contributed by atoms with E-state index in [0.29, 0.717) is 29.0 Å². The molecule has 0 bridgehead atoms. The van der Waals surface area contributed by atoms with E-state index in [1.165, 1.54) is 12.1 Å². The summed E-state index contributed by atoms with van der Waals surface area (Å²) in [7, 11) is 0. The van der Waals surface area contributed by atoms with Crippen LogP contribution in [0.4, 0.5) is 4.39 Å². The molecule has 26 heavy (non-hydrogen) atoms. The quantitative estimate of drug-likeness (QED) is 0.505. The summed E-state index contributed by atoms with van der Waals surface area (Å²) in [5.41, 5.74) is 3.34. The van der Waals surface area contributed by atoms with Crippen molar-refractivity contribution in [2.24, 2.45) is 0 Å². The highest BCUT2D eigenvalue weighted by Crippen LogP contribution is 2.23. The highest BCUT2D eigenvalue weighted by atomic mass is 35.5. The fraction of sp³-hybridized carbons (Fsp3) is 0.100. The summed E-state index contributed by atoms with van der Waals surface area (Å²) < 4.78 is 20.9. The molecule has 130 valence electrons. The van der Waals surface area contributed by atoms with Crippen molar-refractivity contribution in [1.82, 2.24) is 14.4 Å². The van der Waals surface area contributed by atoms with Crippen LogP contribution in [0.3, 0.4) is 0 Å². The summed E-state index contributed by atoms with van der Waals surface area (Å²) in [5.74, 6) is 0.900. The molecule has 0 aliphatic heterocycles. The molecule has 0 atom stereocenters. The van der Waals surface area contributed by atoms with E-state index in [4.69, 9.17) is 16.3 Å². The molecular formula is C20H15ClFN3O. The molecule has 0 saturated heterocycles. The van der Waals surface area contributed by atoms with Gasteiger partial charge in [-0.25, -0.2) is 14.4 Å². The Morgan fingerprint density at radius 3 is 2.50 bits per heavy atom. The van der Waals surface area contributed by atoms with Gasteiger partial charge in [0.1, 0.15) is 12.4 Å². The molecule has 0 aliphatic carbocycles. The zero-order chi connectivity index (χ0) is 18.1. The molecule has 6 heteroatoms. The minimum Gasteiger partial charge on any atom is -0.474 e. The summed E-state index contributed by atoms with van der Waals surface area (Å²) in [6, 6.07) is 15.6. The van der Waals surface area contributed by atoms with E-state index in [1.54, 1.807) is 16.5 Å². The van der Waals surface area contributed by atoms with Crippen LogP contribution in [0.25, 0.3) is 17.0 Å². The van der Waals surface area contributed by atoms with Gasteiger partial charge in [-0.3, -0.25) is 4.40 Å². The van der Waals surface area contributed by atoms with Gasteiger partial charge in [0.05, 0.1) is 5.69 Å². The maximum atomic E-state index is 13.1. The third-order valence-electron chi connectivity index (χ3n) is 3.97. The lowest BCUT2D eigenvalue weighted by molar-refractivity contribution is 0.289. The van der Waals surface area contributed by atoms with Crippen LogP contribution < -0.4 is 4.74 Å². The first-order valence-corrected chi connectivity index (χ1v) is 8.46. The number of rotatable bonds is 4. The lowest BCUT2D eigenvalue weighted by Crippen LogP contribution is -2.02. The van der Waals surface area contributed by atoms with Crippen molar-refractivity contribution in [3.63, 3.8) is 0 Å². The number of benzene rings is 2. The minimum absolute atomic E-state index is 0.279. The number of aryl methyl sites for hydroxylation is 1. The monoisotopic (exact) mass is 367 g/mol. The molecule has 0 unspecified atom stereocenters. The lowest BCUT2D eigenvalue weighted by Gasteiger charge is -2.09. The predicted octanol–water partition coefficient (Wildman–Crippen LogP) is 5.08. The predicted molar refractivity (Wildman–Crippen MR) is 98.9 cm³/mol. The molecule has 4 nitrogen and oxygen atoms in total. The van der Waals surface area contributed by atoms with Crippen molar-refractivity contribution < 1.29 is 9.13 Å². The van der Waals surface area contributed by atoms with Crippen LogP contribution in [0.2, 0.25) is 5.02 Å². The Balaban J connectivity index is 1.67. The van der Waals surface area contributed by atoms with E-state index >= 15 is 0 Å². The van der Waals surface area contributed by atoms with E-state index in [9.17, 15) is 4.39 Å². The van der Waals surface area contributed by atoms with Crippen molar-refractivity contribution in [3.8, 4) is 17.1 Å². The summed E-state index contributed by atoms with van der Waals surface area (Å²) in [4.78, 5) is 8.98. The third kappa shape index (κ3) is 3.39. The lowest BCUT2D eigenvalue weighted by atomic mass is 10.2. The minimum atomic E-state index is -0.279. The van der Waals surface area contributed by atoms with Crippen molar-refractivity contribution in [1.29, 1.82) is 0 Å². The molecule has 4 aromatic rings. The Kier molecular flexibility index (Phi) is 4.31. The smallest absolute Gasteiger partial charge is 0.237 e. The third-order valence-corrected chi connectivity index (χ3v) is 4.23. The number of aromatic nitrogens is 3. The molecule has 2 heterocycles. The van der Waals surface area contributed by atoms with Gasteiger partial charge in [0.25, 0.3) is 0 Å². The second-order valence-corrected chi connectivity index (χ2v) is 6.39. The van der Waals surface area contributed by atoms with Crippen molar-refractivity contribution >= 4 is 17.4 Å². The molecule has 0 aliphatic rings. The summed E-state index contributed by atoms with van der Waals surface area (Å²) in [5, 5.41) is 0.689. The zero-order valence-corrected chi connectivity index (χ0v) is 14.7. The van der Waals surface area contributed by atoms with Crippen LogP contribution in [-0.4, -0.2) is 14.4 Å². The Labute approximate surface area is 154 Å². The maximum absolute atomic E-state index is 13.1. The van der Waals surface area contributed by atoms with Crippen LogP contribution in [0.15, 0.2) is 60.8 Å². The average molecular weight is 368 g/mol.